The molecule has 2 heterocycles. The topological polar surface area (TPSA) is 101 Å². The summed E-state index contributed by atoms with van der Waals surface area (Å²) in [7, 11) is 0. The molecule has 9 heteroatoms. The first-order chi connectivity index (χ1) is 14.4. The van der Waals surface area contributed by atoms with Crippen molar-refractivity contribution in [3.05, 3.63) is 90.2 Å². The normalized spacial score (nSPS) is 12.1. The highest BCUT2D eigenvalue weighted by Gasteiger charge is 2.20. The largest absolute Gasteiger partial charge is 0.486 e. The van der Waals surface area contributed by atoms with Crippen LogP contribution in [-0.2, 0) is 0 Å². The number of rotatable bonds is 5. The van der Waals surface area contributed by atoms with Crippen LogP contribution >= 0.6 is 22.9 Å². The fraction of sp³-hybridized carbons (Fsp3) is 0.0952. The van der Waals surface area contributed by atoms with Gasteiger partial charge in [-0.05, 0) is 24.6 Å². The van der Waals surface area contributed by atoms with Crippen LogP contribution in [-0.4, -0.2) is 20.6 Å². The van der Waals surface area contributed by atoms with Crippen molar-refractivity contribution in [1.29, 1.82) is 0 Å². The number of nitrogens with one attached hydrogen (secondary N) is 1. The molecule has 0 aliphatic heterocycles. The summed E-state index contributed by atoms with van der Waals surface area (Å²) in [6.45, 7) is 1.87. The number of H-pyrrole nitrogens is 1. The second kappa shape index (κ2) is 7.81. The molecular weight excluding hydrogens is 428 g/mol. The van der Waals surface area contributed by atoms with Crippen molar-refractivity contribution in [1.82, 2.24) is 9.55 Å². The first-order valence-corrected chi connectivity index (χ1v) is 10.1. The Kier molecular flexibility index (Phi) is 5.19. The van der Waals surface area contributed by atoms with Crippen molar-refractivity contribution in [3.8, 4) is 11.4 Å². The smallest absolute Gasteiger partial charge is 0.346 e. The molecule has 0 aliphatic rings. The molecule has 4 aromatic rings. The molecule has 30 heavy (non-hydrogen) atoms. The summed E-state index contributed by atoms with van der Waals surface area (Å²) in [5, 5.41) is 10.9. The highest BCUT2D eigenvalue weighted by atomic mass is 35.5. The van der Waals surface area contributed by atoms with Gasteiger partial charge in [0.05, 0.1) is 21.6 Å². The summed E-state index contributed by atoms with van der Waals surface area (Å²) >= 11 is 7.14. The number of carbonyl (C=O) groups is 1. The molecule has 1 atom stereocenters. The number of carboxylic acid groups (broad SMARTS) is 1. The summed E-state index contributed by atoms with van der Waals surface area (Å²) in [5.74, 6) is -0.841. The molecule has 2 N–H and O–H groups in total. The van der Waals surface area contributed by atoms with Crippen LogP contribution in [0.5, 0.6) is 5.75 Å². The Balaban J connectivity index is 1.83. The van der Waals surface area contributed by atoms with Gasteiger partial charge in [-0.25, -0.2) is 14.2 Å². The standard InChI is InChI=1S/C21H15ClN2O5S/c1-11(12-5-3-2-4-6-12)29-13-7-8-14(22)16(9-13)24-19(25)17-15(23-21(24)28)10-30-18(17)20(26)27/h2-11H,1H3,(H,23,28)(H,26,27)/t11-/m1/s1. The van der Waals surface area contributed by atoms with Gasteiger partial charge in [0.25, 0.3) is 5.56 Å². The van der Waals surface area contributed by atoms with Gasteiger partial charge in [-0.3, -0.25) is 4.79 Å². The van der Waals surface area contributed by atoms with Gasteiger partial charge in [0.2, 0.25) is 0 Å². The third-order valence-corrected chi connectivity index (χ3v) is 5.87. The van der Waals surface area contributed by atoms with Crippen LogP contribution in [0.4, 0.5) is 0 Å². The van der Waals surface area contributed by atoms with Gasteiger partial charge < -0.3 is 14.8 Å². The summed E-state index contributed by atoms with van der Waals surface area (Å²) in [5.41, 5.74) is -0.259. The maximum absolute atomic E-state index is 13.0. The Morgan fingerprint density at radius 2 is 1.93 bits per heavy atom. The molecule has 0 aliphatic carbocycles. The molecule has 0 radical (unpaired) electrons. The van der Waals surface area contributed by atoms with Crippen LogP contribution in [0.3, 0.4) is 0 Å². The number of halogens is 1. The number of aromatic carboxylic acids is 1. The molecule has 152 valence electrons. The van der Waals surface area contributed by atoms with Crippen molar-refractivity contribution >= 4 is 39.8 Å². The number of thiophene rings is 1. The van der Waals surface area contributed by atoms with Crippen molar-refractivity contribution in [2.75, 3.05) is 0 Å². The maximum atomic E-state index is 13.0. The van der Waals surface area contributed by atoms with E-state index in [9.17, 15) is 19.5 Å². The van der Waals surface area contributed by atoms with E-state index in [1.165, 1.54) is 17.5 Å². The minimum Gasteiger partial charge on any atom is -0.486 e. The first-order valence-electron chi connectivity index (χ1n) is 8.88. The van der Waals surface area contributed by atoms with Gasteiger partial charge in [-0.15, -0.1) is 11.3 Å². The van der Waals surface area contributed by atoms with Gasteiger partial charge in [0.1, 0.15) is 16.7 Å². The lowest BCUT2D eigenvalue weighted by Crippen LogP contribution is -2.34. The quantitative estimate of drug-likeness (QED) is 0.481. The van der Waals surface area contributed by atoms with E-state index in [0.29, 0.717) is 5.75 Å². The highest BCUT2D eigenvalue weighted by molar-refractivity contribution is 7.13. The monoisotopic (exact) mass is 442 g/mol. The number of nitrogens with zero attached hydrogens (tertiary/aromatic N) is 1. The van der Waals surface area contributed by atoms with E-state index in [2.05, 4.69) is 4.98 Å². The second-order valence-electron chi connectivity index (χ2n) is 6.51. The maximum Gasteiger partial charge on any atom is 0.346 e. The Morgan fingerprint density at radius 3 is 2.63 bits per heavy atom. The Labute approximate surface area is 178 Å². The number of carboxylic acids is 1. The zero-order chi connectivity index (χ0) is 21.4. The molecule has 0 saturated carbocycles. The molecule has 0 unspecified atom stereocenters. The van der Waals surface area contributed by atoms with Crippen molar-refractivity contribution in [2.45, 2.75) is 13.0 Å². The fourth-order valence-corrected chi connectivity index (χ4v) is 4.18. The van der Waals surface area contributed by atoms with Crippen LogP contribution < -0.4 is 16.0 Å². The molecule has 7 nitrogen and oxygen atoms in total. The van der Waals surface area contributed by atoms with Crippen LogP contribution in [0.15, 0.2) is 63.5 Å². The molecule has 0 fully saturated rings. The van der Waals surface area contributed by atoms with E-state index in [4.69, 9.17) is 16.3 Å². The molecule has 2 aromatic carbocycles. The lowest BCUT2D eigenvalue weighted by atomic mass is 10.1. The van der Waals surface area contributed by atoms with Gasteiger partial charge >= 0.3 is 11.7 Å². The van der Waals surface area contributed by atoms with Crippen molar-refractivity contribution in [2.24, 2.45) is 0 Å². The van der Waals surface area contributed by atoms with E-state index in [1.807, 2.05) is 37.3 Å². The predicted molar refractivity (Wildman–Crippen MR) is 115 cm³/mol. The number of benzene rings is 2. The molecule has 0 spiro atoms. The Bertz CT molecular complexity index is 1370. The molecule has 0 bridgehead atoms. The number of fused-ring (bicyclic) bond motifs is 1. The van der Waals surface area contributed by atoms with E-state index in [-0.39, 0.29) is 32.6 Å². The van der Waals surface area contributed by atoms with Crippen LogP contribution in [0.2, 0.25) is 5.02 Å². The van der Waals surface area contributed by atoms with Crippen LogP contribution in [0, 0.1) is 0 Å². The molecule has 2 aromatic heterocycles. The van der Waals surface area contributed by atoms with E-state index < -0.39 is 17.2 Å². The summed E-state index contributed by atoms with van der Waals surface area (Å²) in [6.07, 6.45) is -0.284. The number of aromatic amines is 1. The van der Waals surface area contributed by atoms with Gasteiger partial charge in [0, 0.05) is 11.4 Å². The summed E-state index contributed by atoms with van der Waals surface area (Å²) in [6, 6.07) is 14.2. The van der Waals surface area contributed by atoms with E-state index >= 15 is 0 Å². The average Bonchev–Trinajstić information content (AvgIpc) is 3.15. The molecular formula is C21H15ClN2O5S. The van der Waals surface area contributed by atoms with Crippen LogP contribution in [0.25, 0.3) is 16.6 Å². The lowest BCUT2D eigenvalue weighted by Gasteiger charge is -2.16. The summed E-state index contributed by atoms with van der Waals surface area (Å²) in [4.78, 5) is 39.5. The van der Waals surface area contributed by atoms with Crippen LogP contribution in [0.1, 0.15) is 28.3 Å². The van der Waals surface area contributed by atoms with Gasteiger partial charge in [-0.2, -0.15) is 0 Å². The molecule has 0 amide bonds. The number of ether oxygens (including phenoxy) is 1. The van der Waals surface area contributed by atoms with Crippen molar-refractivity contribution in [3.63, 3.8) is 0 Å². The zero-order valence-corrected chi connectivity index (χ0v) is 17.2. The van der Waals surface area contributed by atoms with Crippen molar-refractivity contribution < 1.29 is 14.6 Å². The summed E-state index contributed by atoms with van der Waals surface area (Å²) < 4.78 is 6.78. The average molecular weight is 443 g/mol. The molecule has 0 saturated heterocycles. The van der Waals surface area contributed by atoms with Gasteiger partial charge in [0.15, 0.2) is 0 Å². The minimum absolute atomic E-state index is 0.0767. The molecule has 4 rings (SSSR count). The minimum atomic E-state index is -1.24. The van der Waals surface area contributed by atoms with E-state index in [1.54, 1.807) is 6.07 Å². The SMILES string of the molecule is C[C@@H](Oc1ccc(Cl)c(-n2c(=O)[nH]c3csc(C(=O)O)c3c2=O)c1)c1ccccc1. The predicted octanol–water partition coefficient (Wildman–Crippen LogP) is 4.23. The number of aromatic nitrogens is 2. The van der Waals surface area contributed by atoms with Gasteiger partial charge in [-0.1, -0.05) is 41.9 Å². The Morgan fingerprint density at radius 1 is 1.20 bits per heavy atom. The number of hydrogen-bond acceptors (Lipinski definition) is 5. The zero-order valence-electron chi connectivity index (χ0n) is 15.6. The first kappa shape index (κ1) is 19.9. The number of hydrogen-bond donors (Lipinski definition) is 2. The third kappa shape index (κ3) is 3.51. The highest BCUT2D eigenvalue weighted by Crippen LogP contribution is 2.28. The lowest BCUT2D eigenvalue weighted by molar-refractivity contribution is 0.0704. The van der Waals surface area contributed by atoms with E-state index in [0.717, 1.165) is 21.5 Å². The third-order valence-electron chi connectivity index (χ3n) is 4.59. The Hall–Kier alpha value is -3.36. The second-order valence-corrected chi connectivity index (χ2v) is 7.80. The fourth-order valence-electron chi connectivity index (χ4n) is 3.15.